The first-order valence-electron chi connectivity index (χ1n) is 2.77. The molecule has 1 N–H and O–H groups in total. The van der Waals surface area contributed by atoms with Gasteiger partial charge in [0.15, 0.2) is 0 Å². The second-order valence-electron chi connectivity index (χ2n) is 1.94. The Hall–Kier alpha value is -1.04. The van der Waals surface area contributed by atoms with Crippen molar-refractivity contribution in [3.8, 4) is 0 Å². The molecular formula is C4H10N3O3-. The molecule has 6 heteroatoms. The summed E-state index contributed by atoms with van der Waals surface area (Å²) < 4.78 is 0. The van der Waals surface area contributed by atoms with Crippen LogP contribution in [-0.4, -0.2) is 34.8 Å². The Kier molecular flexibility index (Phi) is 3.48. The van der Waals surface area contributed by atoms with Gasteiger partial charge in [-0.2, -0.15) is 0 Å². The summed E-state index contributed by atoms with van der Waals surface area (Å²) >= 11 is 0. The fourth-order valence-corrected chi connectivity index (χ4v) is 0.344. The molecule has 0 aromatic rings. The lowest BCUT2D eigenvalue weighted by molar-refractivity contribution is -0.692. The molecule has 0 amide bonds. The highest BCUT2D eigenvalue weighted by molar-refractivity contribution is 4.50. The minimum absolute atomic E-state index is 0.110. The highest BCUT2D eigenvalue weighted by Gasteiger charge is 2.12. The van der Waals surface area contributed by atoms with Crippen LogP contribution in [0.3, 0.4) is 0 Å². The molecule has 10 heavy (non-hydrogen) atoms. The topological polar surface area (TPSA) is 85.0 Å². The summed E-state index contributed by atoms with van der Waals surface area (Å²) in [5, 5.41) is 31.6. The van der Waals surface area contributed by atoms with Crippen LogP contribution in [0.5, 0.6) is 0 Å². The number of aliphatic hydroxyl groups excluding tert-OH is 1. The molecule has 0 heterocycles. The molecule has 0 aromatic heterocycles. The monoisotopic (exact) mass is 148 g/mol. The minimum Gasteiger partial charge on any atom is -0.737 e. The molecule has 0 fully saturated rings. The van der Waals surface area contributed by atoms with E-state index in [-0.39, 0.29) is 11.6 Å². The average molecular weight is 148 g/mol. The van der Waals surface area contributed by atoms with Gasteiger partial charge >= 0.3 is 0 Å². The molecule has 1 atom stereocenters. The molecule has 0 bridgehead atoms. The van der Waals surface area contributed by atoms with Crippen LogP contribution in [0.1, 0.15) is 6.92 Å². The molecule has 0 aromatic carbocycles. The molecule has 0 radical (unpaired) electrons. The zero-order chi connectivity index (χ0) is 8.15. The van der Waals surface area contributed by atoms with E-state index < -0.39 is 6.04 Å². The first kappa shape index (κ1) is 8.96. The van der Waals surface area contributed by atoms with Gasteiger partial charge in [-0.25, -0.2) is 0 Å². The van der Waals surface area contributed by atoms with Crippen LogP contribution < -0.4 is 0 Å². The van der Waals surface area contributed by atoms with E-state index in [2.05, 4.69) is 5.28 Å². The van der Waals surface area contributed by atoms with Crippen LogP contribution in [0.4, 0.5) is 0 Å². The maximum absolute atomic E-state index is 10.4. The number of likely N-dealkylation sites (N-methyl/N-ethyl adjacent to an activating group) is 1. The van der Waals surface area contributed by atoms with Crippen molar-refractivity contribution in [2.24, 2.45) is 5.28 Å². The quantitative estimate of drug-likeness (QED) is 0.337. The van der Waals surface area contributed by atoms with Gasteiger partial charge < -0.3 is 15.5 Å². The van der Waals surface area contributed by atoms with Crippen molar-refractivity contribution in [3.05, 3.63) is 10.4 Å². The zero-order valence-corrected chi connectivity index (χ0v) is 5.89. The fraction of sp³-hybridized carbons (Fsp3) is 1.00. The first-order chi connectivity index (χ1) is 4.63. The van der Waals surface area contributed by atoms with Crippen LogP contribution in [0.15, 0.2) is 5.28 Å². The average Bonchev–Trinajstić information content (AvgIpc) is 2.00. The summed E-state index contributed by atoms with van der Waals surface area (Å²) in [4.78, 5) is -0.110. The van der Waals surface area contributed by atoms with Gasteiger partial charge in [-0.05, 0) is 12.2 Å². The lowest BCUT2D eigenvalue weighted by Crippen LogP contribution is -2.36. The predicted octanol–water partition coefficient (Wildman–Crippen LogP) is -0.326. The number of rotatable bonds is 3. The molecule has 0 saturated carbocycles. The van der Waals surface area contributed by atoms with E-state index >= 15 is 0 Å². The van der Waals surface area contributed by atoms with E-state index in [1.54, 1.807) is 6.92 Å². The largest absolute Gasteiger partial charge is 0.737 e. The summed E-state index contributed by atoms with van der Waals surface area (Å²) in [6.45, 7) is 1.40. The second-order valence-corrected chi connectivity index (χ2v) is 1.94. The SMILES string of the molecule is C[C@@H](CO)N(C)/[N+]([O-])=N/[O-]. The van der Waals surface area contributed by atoms with Gasteiger partial charge in [0.1, 0.15) is 6.04 Å². The van der Waals surface area contributed by atoms with Gasteiger partial charge in [0.2, 0.25) is 0 Å². The lowest BCUT2D eigenvalue weighted by atomic mass is 10.4. The van der Waals surface area contributed by atoms with E-state index in [0.717, 1.165) is 5.01 Å². The first-order valence-corrected chi connectivity index (χ1v) is 2.77. The molecule has 0 rings (SSSR count). The Bertz CT molecular complexity index is 127. The van der Waals surface area contributed by atoms with Gasteiger partial charge in [-0.1, -0.05) is 0 Å². The second kappa shape index (κ2) is 3.89. The summed E-state index contributed by atoms with van der Waals surface area (Å²) in [5.74, 6) is 0. The van der Waals surface area contributed by atoms with Crippen molar-refractivity contribution >= 4 is 0 Å². The molecule has 0 aliphatic heterocycles. The van der Waals surface area contributed by atoms with Gasteiger partial charge in [-0.3, -0.25) is 0 Å². The summed E-state index contributed by atoms with van der Waals surface area (Å²) in [6, 6.07) is -0.393. The molecule has 60 valence electrons. The third-order valence-electron chi connectivity index (χ3n) is 1.24. The fourth-order valence-electron chi connectivity index (χ4n) is 0.344. The van der Waals surface area contributed by atoms with Crippen LogP contribution in [-0.2, 0) is 0 Å². The number of nitrogens with zero attached hydrogens (tertiary/aromatic N) is 3. The van der Waals surface area contributed by atoms with Crippen molar-refractivity contribution in [1.82, 2.24) is 5.01 Å². The normalized spacial score (nSPS) is 14.9. The Morgan fingerprint density at radius 2 is 2.30 bits per heavy atom. The predicted molar refractivity (Wildman–Crippen MR) is 33.7 cm³/mol. The molecule has 0 aliphatic carbocycles. The Morgan fingerprint density at radius 3 is 2.60 bits per heavy atom. The van der Waals surface area contributed by atoms with E-state index in [0.29, 0.717) is 0 Å². The summed E-state index contributed by atoms with van der Waals surface area (Å²) in [7, 11) is 1.37. The highest BCUT2D eigenvalue weighted by atomic mass is 16.6. The van der Waals surface area contributed by atoms with Gasteiger partial charge in [0.25, 0.3) is 0 Å². The number of aliphatic hydroxyl groups is 1. The smallest absolute Gasteiger partial charge is 0.107 e. The maximum atomic E-state index is 10.4. The maximum Gasteiger partial charge on any atom is 0.107 e. The number of hydrogen-bond acceptors (Lipinski definition) is 4. The molecule has 0 unspecified atom stereocenters. The molecule has 0 spiro atoms. The summed E-state index contributed by atoms with van der Waals surface area (Å²) in [5.41, 5.74) is 0. The Balaban J connectivity index is 3.94. The highest BCUT2D eigenvalue weighted by Crippen LogP contribution is 1.93. The van der Waals surface area contributed by atoms with Crippen LogP contribution in [0.25, 0.3) is 0 Å². The number of hydrazine groups is 1. The van der Waals surface area contributed by atoms with Crippen LogP contribution >= 0.6 is 0 Å². The molecule has 6 nitrogen and oxygen atoms in total. The minimum atomic E-state index is -0.393. The van der Waals surface area contributed by atoms with Gasteiger partial charge in [0.05, 0.1) is 13.7 Å². The Morgan fingerprint density at radius 1 is 1.80 bits per heavy atom. The van der Waals surface area contributed by atoms with Gasteiger partial charge in [-0.15, -0.1) is 5.01 Å². The van der Waals surface area contributed by atoms with E-state index in [1.807, 2.05) is 0 Å². The third-order valence-corrected chi connectivity index (χ3v) is 1.24. The molecule has 0 saturated heterocycles. The van der Waals surface area contributed by atoms with E-state index in [9.17, 15) is 10.4 Å². The van der Waals surface area contributed by atoms with Crippen molar-refractivity contribution in [1.29, 1.82) is 0 Å². The standard InChI is InChI=1S/C4H11N3O3/c1-4(3-8)6(2)7(10)5-9/h4,8-9H,3H2,1-2H3/p-1/b7-5-/t4-/m0/s1. The third kappa shape index (κ3) is 2.06. The van der Waals surface area contributed by atoms with Crippen molar-refractivity contribution in [2.45, 2.75) is 13.0 Å². The van der Waals surface area contributed by atoms with Crippen LogP contribution in [0, 0.1) is 10.4 Å². The van der Waals surface area contributed by atoms with Crippen LogP contribution in [0.2, 0.25) is 0 Å². The molecule has 0 aliphatic rings. The number of hydrogen-bond donors (Lipinski definition) is 1. The van der Waals surface area contributed by atoms with Crippen molar-refractivity contribution in [2.75, 3.05) is 13.7 Å². The van der Waals surface area contributed by atoms with Crippen molar-refractivity contribution in [3.63, 3.8) is 0 Å². The van der Waals surface area contributed by atoms with E-state index in [1.165, 1.54) is 7.05 Å². The lowest BCUT2D eigenvalue weighted by Gasteiger charge is -2.19. The van der Waals surface area contributed by atoms with E-state index in [4.69, 9.17) is 5.11 Å². The van der Waals surface area contributed by atoms with Gasteiger partial charge in [0, 0.05) is 4.97 Å². The Labute approximate surface area is 58.5 Å². The summed E-state index contributed by atoms with van der Waals surface area (Å²) in [6.07, 6.45) is 0. The zero-order valence-electron chi connectivity index (χ0n) is 5.89. The van der Waals surface area contributed by atoms with Crippen molar-refractivity contribution < 1.29 is 10.1 Å². The molecular weight excluding hydrogens is 138 g/mol.